The van der Waals surface area contributed by atoms with Gasteiger partial charge in [-0.1, -0.05) is 18.2 Å². The summed E-state index contributed by atoms with van der Waals surface area (Å²) in [6, 6.07) is 17.1. The Morgan fingerprint density at radius 3 is 2.53 bits per heavy atom. The van der Waals surface area contributed by atoms with Gasteiger partial charge in [-0.25, -0.2) is 9.97 Å². The normalized spacial score (nSPS) is 16.0. The molecule has 154 valence electrons. The summed E-state index contributed by atoms with van der Waals surface area (Å²) in [6.45, 7) is 1.96. The van der Waals surface area contributed by atoms with Crippen LogP contribution in [0.4, 0.5) is 11.5 Å². The number of benzene rings is 1. The zero-order valence-corrected chi connectivity index (χ0v) is 17.2. The van der Waals surface area contributed by atoms with E-state index in [2.05, 4.69) is 39.2 Å². The quantitative estimate of drug-likeness (QED) is 0.677. The maximum absolute atomic E-state index is 12.5. The fraction of sp³-hybridized carbons (Fsp3) is 0.261. The minimum atomic E-state index is -0.239. The van der Waals surface area contributed by atoms with Gasteiger partial charge in [0.2, 0.25) is 5.88 Å². The summed E-state index contributed by atoms with van der Waals surface area (Å²) in [4.78, 5) is 25.8. The van der Waals surface area contributed by atoms with Gasteiger partial charge in [-0.2, -0.15) is 0 Å². The second kappa shape index (κ2) is 8.92. The van der Waals surface area contributed by atoms with E-state index in [0.717, 1.165) is 25.3 Å². The van der Waals surface area contributed by atoms with Gasteiger partial charge in [0.1, 0.15) is 11.6 Å². The monoisotopic (exact) mass is 403 g/mol. The largest absolute Gasteiger partial charge is 0.439 e. The van der Waals surface area contributed by atoms with Gasteiger partial charge in [-0.05, 0) is 50.8 Å². The molecular formula is C23H25N5O2. The summed E-state index contributed by atoms with van der Waals surface area (Å²) in [5.74, 6) is 1.83. The molecule has 2 aromatic heterocycles. The third-order valence-corrected chi connectivity index (χ3v) is 5.19. The van der Waals surface area contributed by atoms with Gasteiger partial charge in [0.05, 0.1) is 17.4 Å². The van der Waals surface area contributed by atoms with Gasteiger partial charge in [-0.3, -0.25) is 4.79 Å². The average Bonchev–Trinajstić information content (AvgIpc) is 3.26. The van der Waals surface area contributed by atoms with E-state index in [1.54, 1.807) is 18.3 Å². The Balaban J connectivity index is 1.34. The van der Waals surface area contributed by atoms with Crippen LogP contribution in [0, 0.1) is 0 Å². The van der Waals surface area contributed by atoms with Crippen molar-refractivity contribution < 1.29 is 9.53 Å². The molecule has 1 N–H and O–H groups in total. The summed E-state index contributed by atoms with van der Waals surface area (Å²) in [5, 5.41) is 2.86. The van der Waals surface area contributed by atoms with Crippen LogP contribution in [0.3, 0.4) is 0 Å². The zero-order valence-electron chi connectivity index (χ0n) is 17.2. The van der Waals surface area contributed by atoms with Gasteiger partial charge in [0.15, 0.2) is 0 Å². The number of rotatable bonds is 6. The topological polar surface area (TPSA) is 70.6 Å². The number of likely N-dealkylation sites (N-methyl/N-ethyl adjacent to an activating group) is 1. The van der Waals surface area contributed by atoms with Crippen LogP contribution in [0.25, 0.3) is 0 Å². The molecule has 1 aromatic carbocycles. The highest BCUT2D eigenvalue weighted by Crippen LogP contribution is 2.22. The summed E-state index contributed by atoms with van der Waals surface area (Å²) >= 11 is 0. The van der Waals surface area contributed by atoms with Crippen LogP contribution in [0.2, 0.25) is 0 Å². The van der Waals surface area contributed by atoms with Gasteiger partial charge < -0.3 is 19.9 Å². The minimum absolute atomic E-state index is 0.239. The smallest absolute Gasteiger partial charge is 0.257 e. The molecule has 1 unspecified atom stereocenters. The molecular weight excluding hydrogens is 378 g/mol. The molecule has 1 saturated heterocycles. The van der Waals surface area contributed by atoms with Crippen molar-refractivity contribution in [3.8, 4) is 11.6 Å². The summed E-state index contributed by atoms with van der Waals surface area (Å²) in [5.41, 5.74) is 1.10. The number of hydrogen-bond donors (Lipinski definition) is 1. The van der Waals surface area contributed by atoms with E-state index in [4.69, 9.17) is 4.74 Å². The van der Waals surface area contributed by atoms with Gasteiger partial charge in [0, 0.05) is 31.4 Å². The molecule has 4 rings (SSSR count). The molecule has 0 aliphatic carbocycles. The van der Waals surface area contributed by atoms with Gasteiger partial charge in [0.25, 0.3) is 5.91 Å². The minimum Gasteiger partial charge on any atom is -0.439 e. The fourth-order valence-electron chi connectivity index (χ4n) is 3.41. The predicted molar refractivity (Wildman–Crippen MR) is 117 cm³/mol. The molecule has 1 fully saturated rings. The molecule has 1 aliphatic rings. The van der Waals surface area contributed by atoms with Crippen molar-refractivity contribution in [1.82, 2.24) is 14.9 Å². The number of aromatic nitrogens is 2. The molecule has 3 heterocycles. The zero-order chi connectivity index (χ0) is 20.9. The van der Waals surface area contributed by atoms with E-state index >= 15 is 0 Å². The Morgan fingerprint density at radius 2 is 1.90 bits per heavy atom. The SMILES string of the molecule is CN(C)C1CCN(c2ccc(NC(=O)c3ccc(Oc4ccccc4)nc3)cn2)C1. The molecule has 30 heavy (non-hydrogen) atoms. The van der Waals surface area contributed by atoms with E-state index in [1.165, 1.54) is 6.20 Å². The van der Waals surface area contributed by atoms with Crippen molar-refractivity contribution >= 4 is 17.4 Å². The highest BCUT2D eigenvalue weighted by Gasteiger charge is 2.24. The van der Waals surface area contributed by atoms with Crippen LogP contribution in [0.1, 0.15) is 16.8 Å². The lowest BCUT2D eigenvalue weighted by Crippen LogP contribution is -2.31. The third-order valence-electron chi connectivity index (χ3n) is 5.19. The first-order valence-electron chi connectivity index (χ1n) is 9.96. The number of carbonyl (C=O) groups excluding carboxylic acids is 1. The molecule has 3 aromatic rings. The summed E-state index contributed by atoms with van der Waals surface area (Å²) < 4.78 is 5.66. The fourth-order valence-corrected chi connectivity index (χ4v) is 3.41. The lowest BCUT2D eigenvalue weighted by Gasteiger charge is -2.21. The van der Waals surface area contributed by atoms with Crippen molar-refractivity contribution in [2.45, 2.75) is 12.5 Å². The van der Waals surface area contributed by atoms with Crippen LogP contribution < -0.4 is 15.0 Å². The third kappa shape index (κ3) is 4.75. The summed E-state index contributed by atoms with van der Waals surface area (Å²) in [7, 11) is 4.21. The number of carbonyl (C=O) groups is 1. The highest BCUT2D eigenvalue weighted by atomic mass is 16.5. The number of pyridine rings is 2. The number of ether oxygens (including phenoxy) is 1. The predicted octanol–water partition coefficient (Wildman–Crippen LogP) is 3.66. The van der Waals surface area contributed by atoms with E-state index in [9.17, 15) is 4.79 Å². The van der Waals surface area contributed by atoms with Crippen LogP contribution in [0.5, 0.6) is 11.6 Å². The Labute approximate surface area is 176 Å². The summed E-state index contributed by atoms with van der Waals surface area (Å²) in [6.07, 6.45) is 4.32. The molecule has 7 heteroatoms. The van der Waals surface area contributed by atoms with E-state index in [0.29, 0.717) is 28.9 Å². The second-order valence-electron chi connectivity index (χ2n) is 7.51. The first kappa shape index (κ1) is 19.8. The van der Waals surface area contributed by atoms with Crippen LogP contribution in [0.15, 0.2) is 67.0 Å². The average molecular weight is 403 g/mol. The number of nitrogens with zero attached hydrogens (tertiary/aromatic N) is 4. The number of anilines is 2. The number of para-hydroxylation sites is 1. The Morgan fingerprint density at radius 1 is 1.07 bits per heavy atom. The molecule has 7 nitrogen and oxygen atoms in total. The number of hydrogen-bond acceptors (Lipinski definition) is 6. The first-order valence-corrected chi connectivity index (χ1v) is 9.96. The lowest BCUT2D eigenvalue weighted by molar-refractivity contribution is 0.102. The molecule has 0 spiro atoms. The molecule has 0 bridgehead atoms. The Bertz CT molecular complexity index is 975. The van der Waals surface area contributed by atoms with Crippen molar-refractivity contribution in [2.24, 2.45) is 0 Å². The van der Waals surface area contributed by atoms with Crippen molar-refractivity contribution in [2.75, 3.05) is 37.4 Å². The Kier molecular flexibility index (Phi) is 5.90. The Hall–Kier alpha value is -3.45. The van der Waals surface area contributed by atoms with Crippen LogP contribution in [-0.4, -0.2) is 54.0 Å². The van der Waals surface area contributed by atoms with Crippen molar-refractivity contribution in [3.63, 3.8) is 0 Å². The van der Waals surface area contributed by atoms with E-state index in [1.807, 2.05) is 42.5 Å². The van der Waals surface area contributed by atoms with Crippen molar-refractivity contribution in [3.05, 3.63) is 72.6 Å². The standard InChI is InChI=1S/C23H25N5O2/c1-27(2)19-12-13-28(16-19)21-10-9-18(15-24-21)26-23(29)17-8-11-22(25-14-17)30-20-6-4-3-5-7-20/h3-11,14-15,19H,12-13,16H2,1-2H3,(H,26,29). The molecule has 1 aliphatic heterocycles. The maximum Gasteiger partial charge on any atom is 0.257 e. The second-order valence-corrected chi connectivity index (χ2v) is 7.51. The number of nitrogens with one attached hydrogen (secondary N) is 1. The first-order chi connectivity index (χ1) is 14.6. The van der Waals surface area contributed by atoms with E-state index in [-0.39, 0.29) is 5.91 Å². The lowest BCUT2D eigenvalue weighted by atomic mass is 10.2. The molecule has 0 saturated carbocycles. The van der Waals surface area contributed by atoms with Gasteiger partial charge >= 0.3 is 0 Å². The van der Waals surface area contributed by atoms with E-state index < -0.39 is 0 Å². The van der Waals surface area contributed by atoms with Gasteiger partial charge in [-0.15, -0.1) is 0 Å². The van der Waals surface area contributed by atoms with Crippen LogP contribution >= 0.6 is 0 Å². The molecule has 0 radical (unpaired) electrons. The number of amides is 1. The van der Waals surface area contributed by atoms with Crippen molar-refractivity contribution in [1.29, 1.82) is 0 Å². The molecule has 1 atom stereocenters. The highest BCUT2D eigenvalue weighted by molar-refractivity contribution is 6.04. The maximum atomic E-state index is 12.5. The van der Waals surface area contributed by atoms with Crippen LogP contribution in [-0.2, 0) is 0 Å². The molecule has 1 amide bonds.